The second-order valence-electron chi connectivity index (χ2n) is 3.46. The molecule has 0 radical (unpaired) electrons. The highest BCUT2D eigenvalue weighted by atomic mass is 32.1. The Morgan fingerprint density at radius 2 is 1.87 bits per heavy atom. The maximum Gasteiger partial charge on any atom is 0.0715 e. The average molecular weight is 218 g/mol. The van der Waals surface area contributed by atoms with Gasteiger partial charge < -0.3 is 4.74 Å². The van der Waals surface area contributed by atoms with Crippen LogP contribution in [0, 0.1) is 0 Å². The third-order valence-electron chi connectivity index (χ3n) is 2.36. The van der Waals surface area contributed by atoms with Crippen LogP contribution in [0.5, 0.6) is 0 Å². The number of hydrogen-bond donors (Lipinski definition) is 0. The first-order valence-corrected chi connectivity index (χ1v) is 5.86. The van der Waals surface area contributed by atoms with E-state index in [1.54, 1.807) is 18.4 Å². The first-order valence-electron chi connectivity index (χ1n) is 4.98. The monoisotopic (exact) mass is 218 g/mol. The molecule has 0 bridgehead atoms. The van der Waals surface area contributed by atoms with Gasteiger partial charge in [-0.3, -0.25) is 0 Å². The van der Waals surface area contributed by atoms with E-state index in [4.69, 9.17) is 4.74 Å². The van der Waals surface area contributed by atoms with Gasteiger partial charge in [-0.25, -0.2) is 0 Å². The van der Waals surface area contributed by atoms with Crippen LogP contribution in [-0.2, 0) is 17.8 Å². The van der Waals surface area contributed by atoms with E-state index in [0.29, 0.717) is 6.61 Å². The van der Waals surface area contributed by atoms with Gasteiger partial charge in [0, 0.05) is 18.4 Å². The summed E-state index contributed by atoms with van der Waals surface area (Å²) in [5.74, 6) is 0. The van der Waals surface area contributed by atoms with Crippen molar-refractivity contribution in [2.45, 2.75) is 13.0 Å². The quantitative estimate of drug-likeness (QED) is 0.763. The van der Waals surface area contributed by atoms with E-state index >= 15 is 0 Å². The molecule has 0 fully saturated rings. The molecule has 2 rings (SSSR count). The van der Waals surface area contributed by atoms with Crippen LogP contribution < -0.4 is 0 Å². The summed E-state index contributed by atoms with van der Waals surface area (Å²) >= 11 is 1.80. The largest absolute Gasteiger partial charge is 0.380 e. The van der Waals surface area contributed by atoms with Crippen molar-refractivity contribution in [1.82, 2.24) is 0 Å². The first-order chi connectivity index (χ1) is 7.40. The van der Waals surface area contributed by atoms with Crippen LogP contribution in [0.3, 0.4) is 0 Å². The van der Waals surface area contributed by atoms with E-state index in [-0.39, 0.29) is 0 Å². The molecule has 2 aromatic rings. The Hall–Kier alpha value is -1.12. The lowest BCUT2D eigenvalue weighted by Gasteiger charge is -2.07. The zero-order valence-electron chi connectivity index (χ0n) is 8.77. The van der Waals surface area contributed by atoms with Crippen LogP contribution in [0.2, 0.25) is 0 Å². The van der Waals surface area contributed by atoms with Gasteiger partial charge in [0.15, 0.2) is 0 Å². The highest BCUT2D eigenvalue weighted by molar-refractivity contribution is 7.09. The Kier molecular flexibility index (Phi) is 3.54. The number of benzene rings is 1. The van der Waals surface area contributed by atoms with Crippen molar-refractivity contribution in [2.24, 2.45) is 0 Å². The summed E-state index contributed by atoms with van der Waals surface area (Å²) in [5.41, 5.74) is 2.65. The smallest absolute Gasteiger partial charge is 0.0715 e. The summed E-state index contributed by atoms with van der Waals surface area (Å²) in [7, 11) is 1.74. The summed E-state index contributed by atoms with van der Waals surface area (Å²) in [6.45, 7) is 0.696. The number of thiophene rings is 1. The number of methoxy groups -OCH3 is 1. The Morgan fingerprint density at radius 3 is 2.53 bits per heavy atom. The second-order valence-corrected chi connectivity index (χ2v) is 4.49. The fraction of sp³-hybridized carbons (Fsp3) is 0.231. The molecular formula is C13H14OS. The Bertz CT molecular complexity index is 406. The molecule has 78 valence electrons. The van der Waals surface area contributed by atoms with Gasteiger partial charge in [-0.05, 0) is 22.6 Å². The lowest BCUT2D eigenvalue weighted by Crippen LogP contribution is -1.95. The fourth-order valence-electron chi connectivity index (χ4n) is 1.63. The molecule has 0 amide bonds. The van der Waals surface area contributed by atoms with Crippen molar-refractivity contribution in [3.05, 3.63) is 57.8 Å². The van der Waals surface area contributed by atoms with E-state index in [1.165, 1.54) is 16.0 Å². The van der Waals surface area contributed by atoms with E-state index in [9.17, 15) is 0 Å². The van der Waals surface area contributed by atoms with E-state index in [1.807, 2.05) is 0 Å². The summed E-state index contributed by atoms with van der Waals surface area (Å²) in [6, 6.07) is 12.7. The lowest BCUT2D eigenvalue weighted by molar-refractivity contribution is 0.184. The van der Waals surface area contributed by atoms with Crippen molar-refractivity contribution in [2.75, 3.05) is 7.11 Å². The molecule has 0 saturated heterocycles. The van der Waals surface area contributed by atoms with E-state index < -0.39 is 0 Å². The second kappa shape index (κ2) is 5.10. The average Bonchev–Trinajstić information content (AvgIpc) is 2.74. The number of hydrogen-bond acceptors (Lipinski definition) is 2. The van der Waals surface area contributed by atoms with Crippen LogP contribution in [0.25, 0.3) is 0 Å². The van der Waals surface area contributed by atoms with Gasteiger partial charge in [0.25, 0.3) is 0 Å². The Labute approximate surface area is 94.3 Å². The molecule has 1 nitrogen and oxygen atoms in total. The van der Waals surface area contributed by atoms with E-state index in [0.717, 1.165) is 6.42 Å². The van der Waals surface area contributed by atoms with Gasteiger partial charge in [0.2, 0.25) is 0 Å². The van der Waals surface area contributed by atoms with Crippen molar-refractivity contribution in [1.29, 1.82) is 0 Å². The molecule has 1 aromatic carbocycles. The number of rotatable bonds is 4. The minimum absolute atomic E-state index is 0.696. The van der Waals surface area contributed by atoms with Crippen LogP contribution in [0.15, 0.2) is 41.8 Å². The molecule has 0 aliphatic heterocycles. The SMILES string of the molecule is COCc1ccccc1Cc1cccs1. The van der Waals surface area contributed by atoms with E-state index in [2.05, 4.69) is 41.8 Å². The number of ether oxygens (including phenoxy) is 1. The molecule has 1 aromatic heterocycles. The summed E-state index contributed by atoms with van der Waals surface area (Å²) in [4.78, 5) is 1.40. The molecule has 0 spiro atoms. The minimum atomic E-state index is 0.696. The topological polar surface area (TPSA) is 9.23 Å². The Balaban J connectivity index is 2.20. The van der Waals surface area contributed by atoms with Crippen molar-refractivity contribution < 1.29 is 4.74 Å². The van der Waals surface area contributed by atoms with Crippen molar-refractivity contribution in [3.63, 3.8) is 0 Å². The first kappa shape index (κ1) is 10.4. The van der Waals surface area contributed by atoms with Gasteiger partial charge in [-0.1, -0.05) is 30.3 Å². The predicted octanol–water partition coefficient (Wildman–Crippen LogP) is 3.49. The van der Waals surface area contributed by atoms with Crippen LogP contribution >= 0.6 is 11.3 Å². The van der Waals surface area contributed by atoms with Crippen LogP contribution in [0.1, 0.15) is 16.0 Å². The molecule has 1 heterocycles. The van der Waals surface area contributed by atoms with Gasteiger partial charge in [0.05, 0.1) is 6.61 Å². The van der Waals surface area contributed by atoms with Gasteiger partial charge >= 0.3 is 0 Å². The molecule has 15 heavy (non-hydrogen) atoms. The Morgan fingerprint density at radius 1 is 1.07 bits per heavy atom. The maximum absolute atomic E-state index is 5.19. The molecule has 0 aliphatic carbocycles. The molecule has 0 atom stereocenters. The molecule has 2 heteroatoms. The molecule has 0 unspecified atom stereocenters. The maximum atomic E-state index is 5.19. The van der Waals surface area contributed by atoms with Crippen LogP contribution in [0.4, 0.5) is 0 Å². The predicted molar refractivity (Wildman–Crippen MR) is 64.3 cm³/mol. The zero-order chi connectivity index (χ0) is 10.5. The summed E-state index contributed by atoms with van der Waals surface area (Å²) < 4.78 is 5.19. The highest BCUT2D eigenvalue weighted by Crippen LogP contribution is 2.18. The summed E-state index contributed by atoms with van der Waals surface area (Å²) in [6.07, 6.45) is 1.01. The van der Waals surface area contributed by atoms with Gasteiger partial charge in [0.1, 0.15) is 0 Å². The fourth-order valence-corrected chi connectivity index (χ4v) is 2.36. The molecule has 0 saturated carbocycles. The van der Waals surface area contributed by atoms with Crippen molar-refractivity contribution >= 4 is 11.3 Å². The molecule has 0 N–H and O–H groups in total. The third-order valence-corrected chi connectivity index (χ3v) is 3.24. The molecular weight excluding hydrogens is 204 g/mol. The summed E-state index contributed by atoms with van der Waals surface area (Å²) in [5, 5.41) is 2.12. The zero-order valence-corrected chi connectivity index (χ0v) is 9.59. The van der Waals surface area contributed by atoms with Crippen molar-refractivity contribution in [3.8, 4) is 0 Å². The minimum Gasteiger partial charge on any atom is -0.380 e. The third kappa shape index (κ3) is 2.67. The highest BCUT2D eigenvalue weighted by Gasteiger charge is 2.02. The van der Waals surface area contributed by atoms with Gasteiger partial charge in [-0.2, -0.15) is 0 Å². The standard InChI is InChI=1S/C13H14OS/c1-14-10-12-6-3-2-5-11(12)9-13-7-4-8-15-13/h2-8H,9-10H2,1H3. The van der Waals surface area contributed by atoms with Gasteiger partial charge in [-0.15, -0.1) is 11.3 Å². The normalized spacial score (nSPS) is 10.5. The van der Waals surface area contributed by atoms with Crippen LogP contribution in [-0.4, -0.2) is 7.11 Å². The lowest BCUT2D eigenvalue weighted by atomic mass is 10.0. The molecule has 0 aliphatic rings.